The minimum Gasteiger partial charge on any atom is -0.481 e. The van der Waals surface area contributed by atoms with Crippen molar-refractivity contribution in [3.63, 3.8) is 0 Å². The summed E-state index contributed by atoms with van der Waals surface area (Å²) in [6, 6.07) is 0. The summed E-state index contributed by atoms with van der Waals surface area (Å²) in [5, 5.41) is 29.8. The zero-order valence-corrected chi connectivity index (χ0v) is 22.0. The Morgan fingerprint density at radius 3 is 2.54 bits per heavy atom. The fourth-order valence-electron chi connectivity index (χ4n) is 7.24. The average Bonchev–Trinajstić information content (AvgIpc) is 3.51. The molecule has 1 aliphatic heterocycles. The third-order valence-corrected chi connectivity index (χ3v) is 9.42. The van der Waals surface area contributed by atoms with Crippen molar-refractivity contribution in [2.24, 2.45) is 22.7 Å². The van der Waals surface area contributed by atoms with Crippen LogP contribution >= 0.6 is 0 Å². The van der Waals surface area contributed by atoms with Crippen LogP contribution in [0.15, 0.2) is 23.8 Å². The number of epoxide rings is 1. The van der Waals surface area contributed by atoms with Crippen molar-refractivity contribution < 1.29 is 44.0 Å². The summed E-state index contributed by atoms with van der Waals surface area (Å²) in [6.45, 7) is 11.4. The number of aliphatic hydroxyl groups is 2. The third-order valence-electron chi connectivity index (χ3n) is 9.42. The van der Waals surface area contributed by atoms with E-state index in [-0.39, 0.29) is 41.0 Å². The second kappa shape index (κ2) is 9.13. The van der Waals surface area contributed by atoms with Crippen molar-refractivity contribution in [1.82, 2.24) is 0 Å². The van der Waals surface area contributed by atoms with Crippen LogP contribution in [-0.4, -0.2) is 68.8 Å². The molecule has 4 aliphatic rings. The number of rotatable bonds is 8. The van der Waals surface area contributed by atoms with Gasteiger partial charge in [0, 0.05) is 17.4 Å². The van der Waals surface area contributed by atoms with Gasteiger partial charge < -0.3 is 24.8 Å². The molecule has 0 spiro atoms. The summed E-state index contributed by atoms with van der Waals surface area (Å²) in [6.07, 6.45) is 1.47. The normalized spacial score (nSPS) is 38.1. The number of ketones is 2. The maximum absolute atomic E-state index is 13.3. The molecule has 9 nitrogen and oxygen atoms in total. The summed E-state index contributed by atoms with van der Waals surface area (Å²) >= 11 is 0. The average molecular weight is 519 g/mol. The molecule has 0 bridgehead atoms. The first kappa shape index (κ1) is 27.7. The molecule has 7 atom stereocenters. The summed E-state index contributed by atoms with van der Waals surface area (Å²) in [7, 11) is 0. The van der Waals surface area contributed by atoms with E-state index in [2.05, 4.69) is 13.5 Å². The van der Waals surface area contributed by atoms with Gasteiger partial charge in [-0.1, -0.05) is 32.9 Å². The largest absolute Gasteiger partial charge is 0.481 e. The van der Waals surface area contributed by atoms with E-state index in [1.165, 1.54) is 13.0 Å². The Morgan fingerprint density at radius 2 is 1.89 bits per heavy atom. The number of aliphatic hydroxyl groups excluding tert-OH is 1. The van der Waals surface area contributed by atoms with Crippen LogP contribution < -0.4 is 0 Å². The Balaban J connectivity index is 1.46. The molecule has 0 radical (unpaired) electrons. The molecule has 9 heteroatoms. The summed E-state index contributed by atoms with van der Waals surface area (Å²) < 4.78 is 11.0. The van der Waals surface area contributed by atoms with E-state index < -0.39 is 53.6 Å². The number of aliphatic carboxylic acids is 1. The third kappa shape index (κ3) is 4.81. The summed E-state index contributed by atoms with van der Waals surface area (Å²) in [4.78, 5) is 49.0. The first-order valence-electron chi connectivity index (χ1n) is 12.9. The lowest BCUT2D eigenvalue weighted by Gasteiger charge is -2.57. The van der Waals surface area contributed by atoms with Gasteiger partial charge in [0.25, 0.3) is 0 Å². The van der Waals surface area contributed by atoms with Gasteiger partial charge in [0.15, 0.2) is 11.4 Å². The van der Waals surface area contributed by atoms with Crippen LogP contribution in [0.5, 0.6) is 0 Å². The summed E-state index contributed by atoms with van der Waals surface area (Å²) in [5.41, 5.74) is -2.35. The van der Waals surface area contributed by atoms with Gasteiger partial charge in [-0.15, -0.1) is 0 Å². The SMILES string of the molecule is C=C1CC[C@H]2C(C)(C)C(=O)CC[C@]2(C)[C@H]1C[C@@]12O[C@@H]1[C@H](O)C(COC(=O)C[C@](C)(O)CC(=O)O)=CC2=O. The van der Waals surface area contributed by atoms with Gasteiger partial charge in [0.2, 0.25) is 0 Å². The maximum atomic E-state index is 13.3. The first-order chi connectivity index (χ1) is 17.0. The van der Waals surface area contributed by atoms with Crippen molar-refractivity contribution in [1.29, 1.82) is 0 Å². The molecule has 0 aromatic heterocycles. The fraction of sp³-hybridized carbons (Fsp3) is 0.714. The highest BCUT2D eigenvalue weighted by molar-refractivity contribution is 6.02. The van der Waals surface area contributed by atoms with Crippen molar-refractivity contribution >= 4 is 23.5 Å². The highest BCUT2D eigenvalue weighted by Crippen LogP contribution is 2.63. The van der Waals surface area contributed by atoms with Crippen LogP contribution in [0.3, 0.4) is 0 Å². The highest BCUT2D eigenvalue weighted by Gasteiger charge is 2.69. The molecule has 3 fully saturated rings. The van der Waals surface area contributed by atoms with Crippen molar-refractivity contribution in [2.75, 3.05) is 6.61 Å². The van der Waals surface area contributed by atoms with Gasteiger partial charge in [-0.05, 0) is 55.9 Å². The van der Waals surface area contributed by atoms with E-state index in [1.54, 1.807) is 0 Å². The van der Waals surface area contributed by atoms with Gasteiger partial charge in [0.05, 0.1) is 18.4 Å². The Labute approximate surface area is 216 Å². The number of Topliss-reactive ketones (excluding diaryl/α,β-unsaturated/α-hetero) is 1. The molecule has 0 aromatic carbocycles. The van der Waals surface area contributed by atoms with Crippen LogP contribution in [0.1, 0.15) is 72.6 Å². The van der Waals surface area contributed by atoms with E-state index in [0.29, 0.717) is 12.8 Å². The molecule has 204 valence electrons. The Hall–Kier alpha value is -2.36. The Bertz CT molecular complexity index is 1070. The molecular formula is C28H38O9. The molecule has 3 N–H and O–H groups in total. The lowest BCUT2D eigenvalue weighted by molar-refractivity contribution is -0.151. The standard InChI is InChI=1S/C28H38O9/c1-15-6-7-18-25(2,3)19(29)8-9-27(18,5)17(15)11-28-20(30)10-16(23(34)24(28)37-28)14-36-22(33)13-26(4,35)12-21(31)32/h10,17-18,23-24,34-35H,1,6-9,11-14H2,2-5H3,(H,31,32)/t17-,18-,23+,24+,26+,27+,28-/m0/s1. The molecule has 0 unspecified atom stereocenters. The molecule has 1 saturated heterocycles. The molecule has 4 rings (SSSR count). The first-order valence-corrected chi connectivity index (χ1v) is 12.9. The number of carbonyl (C=O) groups is 4. The molecule has 0 aromatic rings. The summed E-state index contributed by atoms with van der Waals surface area (Å²) in [5.74, 6) is -1.98. The van der Waals surface area contributed by atoms with E-state index in [9.17, 15) is 29.4 Å². The van der Waals surface area contributed by atoms with Gasteiger partial charge in [0.1, 0.15) is 24.6 Å². The van der Waals surface area contributed by atoms with Crippen molar-refractivity contribution in [3.05, 3.63) is 23.8 Å². The van der Waals surface area contributed by atoms with Crippen LogP contribution in [-0.2, 0) is 28.7 Å². The monoisotopic (exact) mass is 518 g/mol. The van der Waals surface area contributed by atoms with Gasteiger partial charge in [-0.3, -0.25) is 19.2 Å². The van der Waals surface area contributed by atoms with E-state index in [1.807, 2.05) is 13.8 Å². The zero-order chi connectivity index (χ0) is 27.6. The number of carboxylic acids is 1. The van der Waals surface area contributed by atoms with Gasteiger partial charge in [-0.2, -0.15) is 0 Å². The number of fused-ring (bicyclic) bond motifs is 2. The molecule has 3 aliphatic carbocycles. The lowest BCUT2D eigenvalue weighted by Crippen LogP contribution is -2.54. The molecule has 2 saturated carbocycles. The van der Waals surface area contributed by atoms with Crippen LogP contribution in [0, 0.1) is 22.7 Å². The fourth-order valence-corrected chi connectivity index (χ4v) is 7.24. The maximum Gasteiger partial charge on any atom is 0.309 e. The van der Waals surface area contributed by atoms with Gasteiger partial charge >= 0.3 is 11.9 Å². The number of carbonyl (C=O) groups excluding carboxylic acids is 3. The molecule has 0 amide bonds. The number of hydrogen-bond acceptors (Lipinski definition) is 8. The molecular weight excluding hydrogens is 480 g/mol. The van der Waals surface area contributed by atoms with Crippen molar-refractivity contribution in [2.45, 2.75) is 96.1 Å². The lowest BCUT2D eigenvalue weighted by atomic mass is 9.46. The Morgan fingerprint density at radius 1 is 1.22 bits per heavy atom. The molecule has 37 heavy (non-hydrogen) atoms. The van der Waals surface area contributed by atoms with E-state index in [0.717, 1.165) is 24.8 Å². The predicted octanol–water partition coefficient (Wildman–Crippen LogP) is 2.52. The van der Waals surface area contributed by atoms with E-state index >= 15 is 0 Å². The number of allylic oxidation sites excluding steroid dienone is 1. The topological polar surface area (TPSA) is 151 Å². The smallest absolute Gasteiger partial charge is 0.309 e. The minimum absolute atomic E-state index is 0.0379. The quantitative estimate of drug-likeness (QED) is 0.250. The number of ether oxygens (including phenoxy) is 2. The second-order valence-corrected chi connectivity index (χ2v) is 12.5. The van der Waals surface area contributed by atoms with Crippen LogP contribution in [0.25, 0.3) is 0 Å². The number of esters is 1. The van der Waals surface area contributed by atoms with E-state index in [4.69, 9.17) is 14.6 Å². The van der Waals surface area contributed by atoms with Crippen molar-refractivity contribution in [3.8, 4) is 0 Å². The predicted molar refractivity (Wildman–Crippen MR) is 131 cm³/mol. The van der Waals surface area contributed by atoms with Crippen LogP contribution in [0.2, 0.25) is 0 Å². The number of hydrogen-bond donors (Lipinski definition) is 3. The van der Waals surface area contributed by atoms with Gasteiger partial charge in [-0.25, -0.2) is 0 Å². The van der Waals surface area contributed by atoms with Crippen LogP contribution in [0.4, 0.5) is 0 Å². The highest BCUT2D eigenvalue weighted by atomic mass is 16.6. The Kier molecular flexibility index (Phi) is 6.83. The minimum atomic E-state index is -1.78. The number of carboxylic acid groups (broad SMARTS) is 1. The molecule has 1 heterocycles. The second-order valence-electron chi connectivity index (χ2n) is 12.5. The zero-order valence-electron chi connectivity index (χ0n) is 22.0.